The molecule has 0 spiro atoms. The highest BCUT2D eigenvalue weighted by atomic mass is 16.5. The SMILES string of the molecule is O=C(CCN1C(=O)[C@@H]2CC=CC[C@H]2C1=O)OCC(=O)c1ccc(-c2ccccc2)cc1. The zero-order valence-corrected chi connectivity index (χ0v) is 17.0. The maximum Gasteiger partial charge on any atom is 0.308 e. The number of carbonyl (C=O) groups excluding carboxylic acids is 4. The lowest BCUT2D eigenvalue weighted by Gasteiger charge is -2.14. The molecule has 2 amide bonds. The molecule has 2 aromatic rings. The van der Waals surface area contributed by atoms with Crippen molar-refractivity contribution >= 4 is 23.6 Å². The molecule has 1 fully saturated rings. The Hall–Kier alpha value is -3.54. The van der Waals surface area contributed by atoms with Gasteiger partial charge in [-0.05, 0) is 24.0 Å². The predicted molar refractivity (Wildman–Crippen MR) is 114 cm³/mol. The molecule has 2 aromatic carbocycles. The predicted octanol–water partition coefficient (Wildman–Crippen LogP) is 3.42. The molecular weight excluding hydrogens is 394 g/mol. The average Bonchev–Trinajstić information content (AvgIpc) is 3.06. The topological polar surface area (TPSA) is 80.8 Å². The van der Waals surface area contributed by atoms with Crippen LogP contribution in [0.2, 0.25) is 0 Å². The number of hydrogen-bond donors (Lipinski definition) is 0. The smallest absolute Gasteiger partial charge is 0.308 e. The van der Waals surface area contributed by atoms with E-state index in [4.69, 9.17) is 4.74 Å². The summed E-state index contributed by atoms with van der Waals surface area (Å²) in [5, 5.41) is 0. The molecule has 2 aliphatic rings. The van der Waals surface area contributed by atoms with Crippen LogP contribution < -0.4 is 0 Å². The van der Waals surface area contributed by atoms with E-state index < -0.39 is 5.97 Å². The number of Topliss-reactive ketones (excluding diaryl/α,β-unsaturated/α-hetero) is 1. The van der Waals surface area contributed by atoms with E-state index in [9.17, 15) is 19.2 Å². The van der Waals surface area contributed by atoms with Crippen molar-refractivity contribution in [2.24, 2.45) is 11.8 Å². The molecule has 158 valence electrons. The first kappa shape index (κ1) is 20.7. The summed E-state index contributed by atoms with van der Waals surface area (Å²) < 4.78 is 5.07. The summed E-state index contributed by atoms with van der Waals surface area (Å²) in [4.78, 5) is 50.4. The van der Waals surface area contributed by atoms with Crippen LogP contribution in [-0.4, -0.2) is 41.6 Å². The van der Waals surface area contributed by atoms with Gasteiger partial charge >= 0.3 is 5.97 Å². The van der Waals surface area contributed by atoms with Crippen molar-refractivity contribution in [2.75, 3.05) is 13.2 Å². The van der Waals surface area contributed by atoms with Gasteiger partial charge in [0.05, 0.1) is 18.3 Å². The van der Waals surface area contributed by atoms with Crippen LogP contribution in [0.3, 0.4) is 0 Å². The van der Waals surface area contributed by atoms with Crippen molar-refractivity contribution in [1.82, 2.24) is 4.90 Å². The highest BCUT2D eigenvalue weighted by Crippen LogP contribution is 2.35. The van der Waals surface area contributed by atoms with Crippen LogP contribution in [0.15, 0.2) is 66.7 Å². The van der Waals surface area contributed by atoms with Gasteiger partial charge in [0.2, 0.25) is 11.8 Å². The summed E-state index contributed by atoms with van der Waals surface area (Å²) in [6, 6.07) is 16.9. The number of fused-ring (bicyclic) bond motifs is 1. The molecule has 1 aliphatic heterocycles. The minimum Gasteiger partial charge on any atom is -0.457 e. The zero-order chi connectivity index (χ0) is 21.8. The van der Waals surface area contributed by atoms with Gasteiger partial charge in [0, 0.05) is 12.1 Å². The fraction of sp³-hybridized carbons (Fsp3) is 0.280. The average molecular weight is 417 g/mol. The van der Waals surface area contributed by atoms with E-state index in [0.717, 1.165) is 16.0 Å². The van der Waals surface area contributed by atoms with Crippen LogP contribution in [0.5, 0.6) is 0 Å². The van der Waals surface area contributed by atoms with Crippen molar-refractivity contribution in [2.45, 2.75) is 19.3 Å². The second-order valence-corrected chi connectivity index (χ2v) is 7.76. The number of hydrogen-bond acceptors (Lipinski definition) is 5. The number of esters is 1. The summed E-state index contributed by atoms with van der Waals surface area (Å²) in [7, 11) is 0. The second kappa shape index (κ2) is 9.08. The van der Waals surface area contributed by atoms with Crippen molar-refractivity contribution in [3.8, 4) is 11.1 Å². The van der Waals surface area contributed by atoms with E-state index in [-0.39, 0.29) is 49.0 Å². The first-order chi connectivity index (χ1) is 15.0. The third-order valence-electron chi connectivity index (χ3n) is 5.82. The highest BCUT2D eigenvalue weighted by molar-refractivity contribution is 6.05. The number of nitrogens with zero attached hydrogens (tertiary/aromatic N) is 1. The first-order valence-corrected chi connectivity index (χ1v) is 10.4. The Bertz CT molecular complexity index is 1000. The van der Waals surface area contributed by atoms with Gasteiger partial charge in [-0.3, -0.25) is 24.1 Å². The monoisotopic (exact) mass is 417 g/mol. The number of imide groups is 1. The van der Waals surface area contributed by atoms with Gasteiger partial charge in [-0.2, -0.15) is 0 Å². The van der Waals surface area contributed by atoms with E-state index in [0.29, 0.717) is 18.4 Å². The van der Waals surface area contributed by atoms with E-state index in [2.05, 4.69) is 0 Å². The molecular formula is C25H23NO5. The molecule has 0 bridgehead atoms. The lowest BCUT2D eigenvalue weighted by atomic mass is 9.85. The minimum absolute atomic E-state index is 0.0105. The van der Waals surface area contributed by atoms with Gasteiger partial charge in [0.25, 0.3) is 0 Å². The number of rotatable bonds is 7. The lowest BCUT2D eigenvalue weighted by molar-refractivity contribution is -0.145. The Morgan fingerprint density at radius 3 is 2.03 bits per heavy atom. The number of likely N-dealkylation sites (tertiary alicyclic amines) is 1. The molecule has 6 heteroatoms. The quantitative estimate of drug-likeness (QED) is 0.298. The molecule has 6 nitrogen and oxygen atoms in total. The molecule has 1 aliphatic carbocycles. The Balaban J connectivity index is 1.26. The number of ether oxygens (including phenoxy) is 1. The standard InChI is InChI=1S/C25H23NO5/c27-22(19-12-10-18(11-13-19)17-6-2-1-3-7-17)16-31-23(28)14-15-26-24(29)20-8-4-5-9-21(20)25(26)30/h1-7,10-13,20-21H,8-9,14-16H2/t20-,21-/m1/s1. The van der Waals surface area contributed by atoms with Crippen LogP contribution in [0.1, 0.15) is 29.6 Å². The van der Waals surface area contributed by atoms with Crippen molar-refractivity contribution in [3.05, 3.63) is 72.3 Å². The Morgan fingerprint density at radius 1 is 0.839 bits per heavy atom. The number of amides is 2. The van der Waals surface area contributed by atoms with E-state index in [1.54, 1.807) is 12.1 Å². The number of ketones is 1. The first-order valence-electron chi connectivity index (χ1n) is 10.4. The Morgan fingerprint density at radius 2 is 1.42 bits per heavy atom. The fourth-order valence-electron chi connectivity index (χ4n) is 4.07. The summed E-state index contributed by atoms with van der Waals surface area (Å²) >= 11 is 0. The molecule has 4 rings (SSSR count). The molecule has 0 unspecified atom stereocenters. The molecule has 0 N–H and O–H groups in total. The maximum absolute atomic E-state index is 12.4. The van der Waals surface area contributed by atoms with Crippen molar-refractivity contribution < 1.29 is 23.9 Å². The van der Waals surface area contributed by atoms with E-state index in [1.807, 2.05) is 54.6 Å². The summed E-state index contributed by atoms with van der Waals surface area (Å²) in [5.41, 5.74) is 2.49. The summed E-state index contributed by atoms with van der Waals surface area (Å²) in [6.07, 6.45) is 4.84. The Kier molecular flexibility index (Phi) is 6.07. The van der Waals surface area contributed by atoms with Gasteiger partial charge in [-0.1, -0.05) is 66.7 Å². The summed E-state index contributed by atoms with van der Waals surface area (Å²) in [6.45, 7) is -0.385. The van der Waals surface area contributed by atoms with Crippen LogP contribution >= 0.6 is 0 Å². The second-order valence-electron chi connectivity index (χ2n) is 7.76. The van der Waals surface area contributed by atoms with Gasteiger partial charge in [0.15, 0.2) is 12.4 Å². The van der Waals surface area contributed by atoms with Gasteiger partial charge in [0.1, 0.15) is 0 Å². The molecule has 1 heterocycles. The summed E-state index contributed by atoms with van der Waals surface area (Å²) in [5.74, 6) is -1.98. The largest absolute Gasteiger partial charge is 0.457 e. The van der Waals surface area contributed by atoms with Crippen LogP contribution in [0.25, 0.3) is 11.1 Å². The van der Waals surface area contributed by atoms with Gasteiger partial charge < -0.3 is 4.74 Å². The highest BCUT2D eigenvalue weighted by Gasteiger charge is 2.46. The number of benzene rings is 2. The third-order valence-corrected chi connectivity index (χ3v) is 5.82. The molecule has 0 saturated carbocycles. The van der Waals surface area contributed by atoms with Gasteiger partial charge in [-0.15, -0.1) is 0 Å². The minimum atomic E-state index is -0.608. The molecule has 1 saturated heterocycles. The number of carbonyl (C=O) groups is 4. The normalized spacial score (nSPS) is 19.9. The van der Waals surface area contributed by atoms with Gasteiger partial charge in [-0.25, -0.2) is 0 Å². The zero-order valence-electron chi connectivity index (χ0n) is 17.0. The molecule has 2 atom stereocenters. The molecule has 31 heavy (non-hydrogen) atoms. The molecule has 0 aromatic heterocycles. The van der Waals surface area contributed by atoms with Crippen LogP contribution in [-0.2, 0) is 19.1 Å². The number of allylic oxidation sites excluding steroid dienone is 2. The fourth-order valence-corrected chi connectivity index (χ4v) is 4.07. The third kappa shape index (κ3) is 4.48. The molecule has 0 radical (unpaired) electrons. The van der Waals surface area contributed by atoms with E-state index >= 15 is 0 Å². The van der Waals surface area contributed by atoms with E-state index in [1.165, 1.54) is 0 Å². The lowest BCUT2D eigenvalue weighted by Crippen LogP contribution is -2.33. The van der Waals surface area contributed by atoms with Crippen LogP contribution in [0, 0.1) is 11.8 Å². The maximum atomic E-state index is 12.4. The van der Waals surface area contributed by atoms with Crippen molar-refractivity contribution in [1.29, 1.82) is 0 Å². The van der Waals surface area contributed by atoms with Crippen molar-refractivity contribution in [3.63, 3.8) is 0 Å². The Labute approximate surface area is 180 Å². The van der Waals surface area contributed by atoms with Crippen LogP contribution in [0.4, 0.5) is 0 Å².